The number of halogens is 1. The first-order valence-electron chi connectivity index (χ1n) is 5.92. The smallest absolute Gasteiger partial charge is 0.224 e. The molecule has 0 atom stereocenters. The number of likely N-dealkylation sites (N-methyl/N-ethyl adjacent to an activating group) is 1. The van der Waals surface area contributed by atoms with Crippen LogP contribution in [0.25, 0.3) is 0 Å². The minimum absolute atomic E-state index is 0.668. The number of rotatable bonds is 3. The van der Waals surface area contributed by atoms with Gasteiger partial charge in [-0.2, -0.15) is 4.98 Å². The molecule has 0 spiro atoms. The van der Waals surface area contributed by atoms with E-state index in [1.807, 2.05) is 7.05 Å². The third-order valence-corrected chi connectivity index (χ3v) is 3.63. The average Bonchev–Trinajstić information content (AvgIpc) is 2.39. The third kappa shape index (κ3) is 2.87. The fourth-order valence-electron chi connectivity index (χ4n) is 1.98. The van der Waals surface area contributed by atoms with E-state index in [2.05, 4.69) is 47.9 Å². The molecule has 1 saturated heterocycles. The van der Waals surface area contributed by atoms with Crippen LogP contribution in [0, 0.1) is 0 Å². The van der Waals surface area contributed by atoms with Gasteiger partial charge in [0.15, 0.2) is 0 Å². The first-order valence-corrected chi connectivity index (χ1v) is 6.71. The molecule has 17 heavy (non-hydrogen) atoms. The van der Waals surface area contributed by atoms with Crippen LogP contribution in [-0.2, 0) is 0 Å². The van der Waals surface area contributed by atoms with Gasteiger partial charge in [0.2, 0.25) is 5.95 Å². The Labute approximate surface area is 110 Å². The summed E-state index contributed by atoms with van der Waals surface area (Å²) in [5.41, 5.74) is 0. The number of aromatic nitrogens is 2. The van der Waals surface area contributed by atoms with Gasteiger partial charge >= 0.3 is 0 Å². The Morgan fingerprint density at radius 2 is 2.06 bits per heavy atom. The average molecular weight is 300 g/mol. The molecule has 6 heteroatoms. The lowest BCUT2D eigenvalue weighted by Gasteiger charge is -2.35. The van der Waals surface area contributed by atoms with Crippen LogP contribution in [0.1, 0.15) is 6.92 Å². The van der Waals surface area contributed by atoms with Crippen molar-refractivity contribution in [1.29, 1.82) is 0 Å². The van der Waals surface area contributed by atoms with E-state index in [1.54, 1.807) is 6.20 Å². The Hall–Kier alpha value is -0.880. The molecule has 94 valence electrons. The van der Waals surface area contributed by atoms with Gasteiger partial charge in [0.05, 0.1) is 4.47 Å². The number of nitrogens with zero attached hydrogens (tertiary/aromatic N) is 4. The van der Waals surface area contributed by atoms with E-state index in [0.29, 0.717) is 5.95 Å². The van der Waals surface area contributed by atoms with Gasteiger partial charge in [-0.1, -0.05) is 6.92 Å². The molecule has 0 saturated carbocycles. The summed E-state index contributed by atoms with van der Waals surface area (Å²) < 4.78 is 0.960. The van der Waals surface area contributed by atoms with Crippen molar-refractivity contribution in [1.82, 2.24) is 14.9 Å². The van der Waals surface area contributed by atoms with Gasteiger partial charge in [-0.15, -0.1) is 0 Å². The number of hydrogen-bond donors (Lipinski definition) is 1. The maximum Gasteiger partial charge on any atom is 0.224 e. The van der Waals surface area contributed by atoms with Gasteiger partial charge in [-0.05, 0) is 22.5 Å². The zero-order valence-corrected chi connectivity index (χ0v) is 11.9. The Morgan fingerprint density at radius 3 is 2.65 bits per heavy atom. The summed E-state index contributed by atoms with van der Waals surface area (Å²) in [4.78, 5) is 13.4. The van der Waals surface area contributed by atoms with Gasteiger partial charge in [-0.25, -0.2) is 4.98 Å². The van der Waals surface area contributed by atoms with Crippen molar-refractivity contribution in [3.63, 3.8) is 0 Å². The minimum Gasteiger partial charge on any atom is -0.357 e. The molecule has 1 N–H and O–H groups in total. The van der Waals surface area contributed by atoms with Gasteiger partial charge in [0.25, 0.3) is 0 Å². The summed E-state index contributed by atoms with van der Waals surface area (Å²) in [7, 11) is 1.84. The molecule has 1 aliphatic heterocycles. The van der Waals surface area contributed by atoms with Crippen molar-refractivity contribution in [2.45, 2.75) is 6.92 Å². The van der Waals surface area contributed by atoms with Crippen LogP contribution in [0.3, 0.4) is 0 Å². The molecule has 1 aromatic heterocycles. The molecule has 0 aromatic carbocycles. The second-order valence-corrected chi connectivity index (χ2v) is 4.89. The molecule has 0 radical (unpaired) electrons. The Balaban J connectivity index is 2.12. The fourth-order valence-corrected chi connectivity index (χ4v) is 2.42. The summed E-state index contributed by atoms with van der Waals surface area (Å²) >= 11 is 3.52. The van der Waals surface area contributed by atoms with Crippen molar-refractivity contribution in [2.24, 2.45) is 0 Å². The lowest BCUT2D eigenvalue weighted by molar-refractivity contribution is 0.270. The highest BCUT2D eigenvalue weighted by molar-refractivity contribution is 9.10. The fraction of sp³-hybridized carbons (Fsp3) is 0.636. The zero-order chi connectivity index (χ0) is 12.3. The number of anilines is 2. The van der Waals surface area contributed by atoms with E-state index in [4.69, 9.17) is 0 Å². The lowest BCUT2D eigenvalue weighted by Crippen LogP contribution is -2.46. The van der Waals surface area contributed by atoms with Crippen LogP contribution in [0.15, 0.2) is 10.7 Å². The molecular formula is C11H18BrN5. The minimum atomic E-state index is 0.668. The van der Waals surface area contributed by atoms with Gasteiger partial charge in [0, 0.05) is 39.4 Å². The molecule has 0 amide bonds. The predicted molar refractivity (Wildman–Crippen MR) is 73.6 cm³/mol. The van der Waals surface area contributed by atoms with Crippen LogP contribution in [-0.4, -0.2) is 54.6 Å². The van der Waals surface area contributed by atoms with E-state index in [1.165, 1.54) is 0 Å². The molecule has 0 unspecified atom stereocenters. The molecule has 0 bridgehead atoms. The summed E-state index contributed by atoms with van der Waals surface area (Å²) in [6.07, 6.45) is 1.81. The Morgan fingerprint density at radius 1 is 1.35 bits per heavy atom. The first-order chi connectivity index (χ1) is 8.24. The van der Waals surface area contributed by atoms with Crippen LogP contribution < -0.4 is 10.2 Å². The molecule has 0 aliphatic carbocycles. The quantitative estimate of drug-likeness (QED) is 0.915. The topological polar surface area (TPSA) is 44.3 Å². The summed E-state index contributed by atoms with van der Waals surface area (Å²) in [5.74, 6) is 1.65. The monoisotopic (exact) mass is 299 g/mol. The maximum atomic E-state index is 4.50. The lowest BCUT2D eigenvalue weighted by atomic mass is 10.3. The molecule has 5 nitrogen and oxygen atoms in total. The predicted octanol–water partition coefficient (Wildman–Crippen LogP) is 1.42. The highest BCUT2D eigenvalue weighted by Gasteiger charge is 2.19. The van der Waals surface area contributed by atoms with Crippen molar-refractivity contribution >= 4 is 27.7 Å². The molecular weight excluding hydrogens is 282 g/mol. The van der Waals surface area contributed by atoms with E-state index < -0.39 is 0 Å². The van der Waals surface area contributed by atoms with E-state index in [9.17, 15) is 0 Å². The standard InChI is InChI=1S/C11H18BrN5/c1-3-16-4-6-17(7-5-16)10-9(12)8-14-11(13-2)15-10/h8H,3-7H2,1-2H3,(H,13,14,15). The van der Waals surface area contributed by atoms with Gasteiger partial charge in [-0.3, -0.25) is 0 Å². The van der Waals surface area contributed by atoms with Crippen molar-refractivity contribution in [3.8, 4) is 0 Å². The zero-order valence-electron chi connectivity index (χ0n) is 10.3. The molecule has 2 rings (SSSR count). The van der Waals surface area contributed by atoms with Crippen molar-refractivity contribution in [3.05, 3.63) is 10.7 Å². The Kier molecular flexibility index (Phi) is 4.17. The molecule has 1 fully saturated rings. The maximum absolute atomic E-state index is 4.50. The van der Waals surface area contributed by atoms with E-state index in [-0.39, 0.29) is 0 Å². The largest absolute Gasteiger partial charge is 0.357 e. The van der Waals surface area contributed by atoms with Crippen LogP contribution in [0.4, 0.5) is 11.8 Å². The number of nitrogens with one attached hydrogen (secondary N) is 1. The highest BCUT2D eigenvalue weighted by Crippen LogP contribution is 2.25. The first kappa shape index (κ1) is 12.6. The summed E-state index contributed by atoms with van der Waals surface area (Å²) in [6, 6.07) is 0. The van der Waals surface area contributed by atoms with E-state index >= 15 is 0 Å². The van der Waals surface area contributed by atoms with Gasteiger partial charge in [0.1, 0.15) is 5.82 Å². The van der Waals surface area contributed by atoms with Crippen molar-refractivity contribution < 1.29 is 0 Å². The molecule has 1 aliphatic rings. The second-order valence-electron chi connectivity index (χ2n) is 4.04. The Bertz CT molecular complexity index is 376. The third-order valence-electron chi connectivity index (χ3n) is 3.07. The van der Waals surface area contributed by atoms with Gasteiger partial charge < -0.3 is 15.1 Å². The summed E-state index contributed by atoms with van der Waals surface area (Å²) in [5, 5.41) is 2.97. The van der Waals surface area contributed by atoms with Crippen LogP contribution >= 0.6 is 15.9 Å². The van der Waals surface area contributed by atoms with E-state index in [0.717, 1.165) is 43.0 Å². The van der Waals surface area contributed by atoms with Crippen molar-refractivity contribution in [2.75, 3.05) is 50.0 Å². The van der Waals surface area contributed by atoms with Crippen LogP contribution in [0.2, 0.25) is 0 Å². The molecule has 1 aromatic rings. The number of hydrogen-bond acceptors (Lipinski definition) is 5. The molecule has 2 heterocycles. The second kappa shape index (κ2) is 5.64. The van der Waals surface area contributed by atoms with Crippen LogP contribution in [0.5, 0.6) is 0 Å². The number of piperazine rings is 1. The normalized spacial score (nSPS) is 17.2. The highest BCUT2D eigenvalue weighted by atomic mass is 79.9. The summed E-state index contributed by atoms with van der Waals surface area (Å²) in [6.45, 7) is 7.57. The SMILES string of the molecule is CCN1CCN(c2nc(NC)ncc2Br)CC1.